The number of nitrogens with zero attached hydrogens (tertiary/aromatic N) is 2. The number of anilines is 1. The molecule has 9 heteroatoms. The zero-order valence-electron chi connectivity index (χ0n) is 21.7. The molecule has 1 N–H and O–H groups in total. The minimum absolute atomic E-state index is 0.114. The summed E-state index contributed by atoms with van der Waals surface area (Å²) in [5.74, 6) is 0.556. The number of rotatable bonds is 8. The number of nitrogens with one attached hydrogen (secondary N) is 1. The van der Waals surface area contributed by atoms with Crippen LogP contribution in [0, 0.1) is 6.92 Å². The van der Waals surface area contributed by atoms with Gasteiger partial charge < -0.3 is 14.8 Å². The van der Waals surface area contributed by atoms with Crippen LogP contribution in [0.25, 0.3) is 0 Å². The van der Waals surface area contributed by atoms with Crippen molar-refractivity contribution in [3.8, 4) is 11.5 Å². The first-order chi connectivity index (χ1) is 18.3. The van der Waals surface area contributed by atoms with E-state index < -0.39 is 16.1 Å². The summed E-state index contributed by atoms with van der Waals surface area (Å²) >= 11 is 0. The number of likely N-dealkylation sites (tertiary alicyclic amines) is 1. The summed E-state index contributed by atoms with van der Waals surface area (Å²) in [5, 5.41) is 2.98. The zero-order valence-corrected chi connectivity index (χ0v) is 22.5. The standard InChI is InChI=1S/C29H33N3O5S/c1-21-9-14-27-26(17-21)32(38(34,35)25-12-10-24(36-2)11-13-25)20-28(37-27)29(33)30-18-22-7-3-4-8-23(22)19-31-15-5-6-16-31/h3-4,7-14,17,28H,5-6,15-16,18-20H2,1-2H3,(H,30,33)/t28-/m1/s1. The predicted molar refractivity (Wildman–Crippen MR) is 146 cm³/mol. The Hall–Kier alpha value is -3.56. The van der Waals surface area contributed by atoms with Crippen molar-refractivity contribution in [2.45, 2.75) is 43.9 Å². The van der Waals surface area contributed by atoms with Gasteiger partial charge in [-0.3, -0.25) is 14.0 Å². The Morgan fingerprint density at radius 1 is 1.03 bits per heavy atom. The third-order valence-corrected chi connectivity index (χ3v) is 8.88. The summed E-state index contributed by atoms with van der Waals surface area (Å²) in [6.07, 6.45) is 1.44. The van der Waals surface area contributed by atoms with E-state index in [2.05, 4.69) is 16.3 Å². The Morgan fingerprint density at radius 2 is 1.74 bits per heavy atom. The van der Waals surface area contributed by atoms with Crippen molar-refractivity contribution >= 4 is 21.6 Å². The van der Waals surface area contributed by atoms with Crippen LogP contribution in [0.4, 0.5) is 5.69 Å². The van der Waals surface area contributed by atoms with Gasteiger partial charge in [0.2, 0.25) is 0 Å². The van der Waals surface area contributed by atoms with E-state index in [0.29, 0.717) is 23.7 Å². The Labute approximate surface area is 224 Å². The van der Waals surface area contributed by atoms with Crippen molar-refractivity contribution in [1.29, 1.82) is 0 Å². The van der Waals surface area contributed by atoms with Gasteiger partial charge in [0, 0.05) is 13.1 Å². The van der Waals surface area contributed by atoms with Crippen molar-refractivity contribution < 1.29 is 22.7 Å². The molecule has 0 bridgehead atoms. The molecule has 2 aliphatic rings. The molecular formula is C29H33N3O5S. The van der Waals surface area contributed by atoms with E-state index in [-0.39, 0.29) is 17.3 Å². The maximum absolute atomic E-state index is 13.7. The van der Waals surface area contributed by atoms with E-state index in [4.69, 9.17) is 9.47 Å². The Bertz CT molecular complexity index is 1400. The van der Waals surface area contributed by atoms with Crippen LogP contribution >= 0.6 is 0 Å². The molecule has 5 rings (SSSR count). The Morgan fingerprint density at radius 3 is 2.45 bits per heavy atom. The summed E-state index contributed by atoms with van der Waals surface area (Å²) in [7, 11) is -2.43. The van der Waals surface area contributed by atoms with Crippen LogP contribution < -0.4 is 19.1 Å². The van der Waals surface area contributed by atoms with Crippen molar-refractivity contribution in [2.24, 2.45) is 0 Å². The predicted octanol–water partition coefficient (Wildman–Crippen LogP) is 3.87. The van der Waals surface area contributed by atoms with Gasteiger partial charge in [0.25, 0.3) is 15.9 Å². The first-order valence-corrected chi connectivity index (χ1v) is 14.3. The molecule has 38 heavy (non-hydrogen) atoms. The second kappa shape index (κ2) is 11.0. The van der Waals surface area contributed by atoms with E-state index in [9.17, 15) is 13.2 Å². The molecule has 2 heterocycles. The zero-order chi connectivity index (χ0) is 26.7. The third kappa shape index (κ3) is 5.49. The molecule has 0 aliphatic carbocycles. The van der Waals surface area contributed by atoms with E-state index >= 15 is 0 Å². The number of hydrogen-bond donors (Lipinski definition) is 1. The van der Waals surface area contributed by atoms with E-state index in [1.807, 2.05) is 31.2 Å². The molecule has 0 spiro atoms. The van der Waals surface area contributed by atoms with Crippen LogP contribution in [0.2, 0.25) is 0 Å². The fourth-order valence-corrected chi connectivity index (χ4v) is 6.43. The molecule has 1 saturated heterocycles. The molecule has 0 unspecified atom stereocenters. The molecule has 200 valence electrons. The lowest BCUT2D eigenvalue weighted by Crippen LogP contribution is -2.50. The summed E-state index contributed by atoms with van der Waals surface area (Å²) < 4.78 is 39.9. The Balaban J connectivity index is 1.36. The van der Waals surface area contributed by atoms with Gasteiger partial charge in [-0.1, -0.05) is 30.3 Å². The average Bonchev–Trinajstić information content (AvgIpc) is 3.45. The molecule has 3 aromatic rings. The van der Waals surface area contributed by atoms with Gasteiger partial charge in [0.1, 0.15) is 11.5 Å². The second-order valence-electron chi connectivity index (χ2n) is 9.76. The molecule has 1 atom stereocenters. The van der Waals surface area contributed by atoms with E-state index in [0.717, 1.165) is 30.8 Å². The number of benzene rings is 3. The van der Waals surface area contributed by atoms with Crippen LogP contribution in [-0.4, -0.2) is 52.1 Å². The molecule has 0 radical (unpaired) electrons. The second-order valence-corrected chi connectivity index (χ2v) is 11.6. The number of ether oxygens (including phenoxy) is 2. The highest BCUT2D eigenvalue weighted by Crippen LogP contribution is 2.38. The monoisotopic (exact) mass is 535 g/mol. The number of carbonyl (C=O) groups is 1. The van der Waals surface area contributed by atoms with Gasteiger partial charge in [-0.25, -0.2) is 8.42 Å². The third-order valence-electron chi connectivity index (χ3n) is 7.09. The molecule has 3 aromatic carbocycles. The van der Waals surface area contributed by atoms with Gasteiger partial charge in [0.05, 0.1) is 24.2 Å². The van der Waals surface area contributed by atoms with Gasteiger partial charge in [-0.05, 0) is 85.9 Å². The normalized spacial score (nSPS) is 17.5. The smallest absolute Gasteiger partial charge is 0.264 e. The van der Waals surface area contributed by atoms with Gasteiger partial charge >= 0.3 is 0 Å². The SMILES string of the molecule is COc1ccc(S(=O)(=O)N2C[C@H](C(=O)NCc3ccccc3CN3CCCC3)Oc3ccc(C)cc32)cc1. The topological polar surface area (TPSA) is 88.2 Å². The van der Waals surface area contributed by atoms with Crippen molar-refractivity contribution in [3.05, 3.63) is 83.4 Å². The number of sulfonamides is 1. The van der Waals surface area contributed by atoms with E-state index in [1.165, 1.54) is 42.0 Å². The average molecular weight is 536 g/mol. The lowest BCUT2D eigenvalue weighted by molar-refractivity contribution is -0.127. The number of methoxy groups -OCH3 is 1. The summed E-state index contributed by atoms with van der Waals surface area (Å²) in [4.78, 5) is 15.8. The number of aryl methyl sites for hydroxylation is 1. The lowest BCUT2D eigenvalue weighted by atomic mass is 10.1. The largest absolute Gasteiger partial charge is 0.497 e. The molecule has 1 fully saturated rings. The van der Waals surface area contributed by atoms with Crippen LogP contribution in [0.1, 0.15) is 29.5 Å². The summed E-state index contributed by atoms with van der Waals surface area (Å²) in [5.41, 5.74) is 3.53. The minimum Gasteiger partial charge on any atom is -0.497 e. The molecule has 0 saturated carbocycles. The number of carbonyl (C=O) groups excluding carboxylic acids is 1. The van der Waals surface area contributed by atoms with Gasteiger partial charge in [0.15, 0.2) is 6.10 Å². The van der Waals surface area contributed by atoms with E-state index in [1.54, 1.807) is 24.3 Å². The quantitative estimate of drug-likeness (QED) is 0.471. The highest BCUT2D eigenvalue weighted by atomic mass is 32.2. The summed E-state index contributed by atoms with van der Waals surface area (Å²) in [6.45, 7) is 5.13. The number of hydrogen-bond acceptors (Lipinski definition) is 6. The first-order valence-electron chi connectivity index (χ1n) is 12.9. The maximum atomic E-state index is 13.7. The molecule has 2 aliphatic heterocycles. The fraction of sp³-hybridized carbons (Fsp3) is 0.345. The number of amides is 1. The molecular weight excluding hydrogens is 502 g/mol. The lowest BCUT2D eigenvalue weighted by Gasteiger charge is -2.35. The van der Waals surface area contributed by atoms with Crippen molar-refractivity contribution in [2.75, 3.05) is 31.0 Å². The van der Waals surface area contributed by atoms with Gasteiger partial charge in [-0.15, -0.1) is 0 Å². The van der Waals surface area contributed by atoms with Crippen LogP contribution in [-0.2, 0) is 27.9 Å². The highest BCUT2D eigenvalue weighted by Gasteiger charge is 2.37. The van der Waals surface area contributed by atoms with Crippen LogP contribution in [0.5, 0.6) is 11.5 Å². The van der Waals surface area contributed by atoms with Gasteiger partial charge in [-0.2, -0.15) is 0 Å². The first kappa shape index (κ1) is 26.1. The summed E-state index contributed by atoms with van der Waals surface area (Å²) in [6, 6.07) is 19.6. The van der Waals surface area contributed by atoms with Crippen LogP contribution in [0.15, 0.2) is 71.6 Å². The minimum atomic E-state index is -3.96. The number of fused-ring (bicyclic) bond motifs is 1. The molecule has 8 nitrogen and oxygen atoms in total. The maximum Gasteiger partial charge on any atom is 0.264 e. The Kier molecular flexibility index (Phi) is 7.58. The van der Waals surface area contributed by atoms with Crippen molar-refractivity contribution in [1.82, 2.24) is 10.2 Å². The highest BCUT2D eigenvalue weighted by molar-refractivity contribution is 7.92. The van der Waals surface area contributed by atoms with Crippen LogP contribution in [0.3, 0.4) is 0 Å². The fourth-order valence-electron chi connectivity index (χ4n) is 4.96. The molecule has 1 amide bonds. The molecule has 0 aromatic heterocycles. The van der Waals surface area contributed by atoms with Crippen molar-refractivity contribution in [3.63, 3.8) is 0 Å².